The van der Waals surface area contributed by atoms with Crippen molar-refractivity contribution in [3.8, 4) is 0 Å². The molecule has 84 valence electrons. The van der Waals surface area contributed by atoms with Gasteiger partial charge in [-0.25, -0.2) is 4.98 Å². The van der Waals surface area contributed by atoms with Gasteiger partial charge < -0.3 is 5.32 Å². The van der Waals surface area contributed by atoms with Gasteiger partial charge in [0.05, 0.1) is 12.2 Å². The third kappa shape index (κ3) is 2.08. The van der Waals surface area contributed by atoms with Crippen LogP contribution in [0.15, 0.2) is 12.4 Å². The number of H-pyrrole nitrogens is 2. The molecule has 0 aliphatic carbocycles. The number of carbonyl (C=O) groups excluding carboxylic acids is 1. The number of rotatable bonds is 3. The zero-order chi connectivity index (χ0) is 11.5. The summed E-state index contributed by atoms with van der Waals surface area (Å²) in [5, 5.41) is 15.7. The summed E-state index contributed by atoms with van der Waals surface area (Å²) in [5.74, 6) is 0.451. The molecular formula is C9H12N6O. The molecule has 1 amide bonds. The third-order valence-corrected chi connectivity index (χ3v) is 2.17. The summed E-state index contributed by atoms with van der Waals surface area (Å²) in [4.78, 5) is 15.6. The van der Waals surface area contributed by atoms with E-state index in [9.17, 15) is 4.79 Å². The Morgan fingerprint density at radius 3 is 2.94 bits per heavy atom. The molecule has 16 heavy (non-hydrogen) atoms. The second kappa shape index (κ2) is 4.13. The Hall–Kier alpha value is -2.18. The SMILES string of the molecule is Cc1nc(C(=O)NC(C)c2cn[nH]c2)n[nH]1. The lowest BCUT2D eigenvalue weighted by atomic mass is 10.2. The second-order valence-electron chi connectivity index (χ2n) is 3.47. The first-order valence-electron chi connectivity index (χ1n) is 4.85. The van der Waals surface area contributed by atoms with E-state index in [1.54, 1.807) is 19.3 Å². The highest BCUT2D eigenvalue weighted by Crippen LogP contribution is 2.09. The van der Waals surface area contributed by atoms with Gasteiger partial charge in [0.25, 0.3) is 5.91 Å². The predicted octanol–water partition coefficient (Wildman–Crippen LogP) is 0.327. The van der Waals surface area contributed by atoms with Crippen molar-refractivity contribution in [2.24, 2.45) is 0 Å². The maximum Gasteiger partial charge on any atom is 0.291 e. The number of nitrogens with zero attached hydrogens (tertiary/aromatic N) is 3. The van der Waals surface area contributed by atoms with Crippen LogP contribution >= 0.6 is 0 Å². The lowest BCUT2D eigenvalue weighted by Gasteiger charge is -2.09. The smallest absolute Gasteiger partial charge is 0.291 e. The quantitative estimate of drug-likeness (QED) is 0.693. The number of hydrogen-bond acceptors (Lipinski definition) is 4. The Balaban J connectivity index is 2.03. The van der Waals surface area contributed by atoms with E-state index in [1.165, 1.54) is 0 Å². The fourth-order valence-electron chi connectivity index (χ4n) is 1.29. The van der Waals surface area contributed by atoms with Crippen molar-refractivity contribution in [3.05, 3.63) is 29.6 Å². The largest absolute Gasteiger partial charge is 0.343 e. The monoisotopic (exact) mass is 220 g/mol. The number of hydrogen-bond donors (Lipinski definition) is 3. The summed E-state index contributed by atoms with van der Waals surface area (Å²) >= 11 is 0. The molecule has 1 unspecified atom stereocenters. The van der Waals surface area contributed by atoms with Crippen LogP contribution in [0.5, 0.6) is 0 Å². The molecule has 0 aliphatic heterocycles. The van der Waals surface area contributed by atoms with Gasteiger partial charge in [0, 0.05) is 11.8 Å². The summed E-state index contributed by atoms with van der Waals surface area (Å²) in [6.07, 6.45) is 3.39. The molecule has 0 aromatic carbocycles. The first-order valence-corrected chi connectivity index (χ1v) is 4.85. The molecule has 0 bridgehead atoms. The molecule has 0 radical (unpaired) electrons. The highest BCUT2D eigenvalue weighted by Gasteiger charge is 2.15. The van der Waals surface area contributed by atoms with Gasteiger partial charge in [-0.15, -0.1) is 5.10 Å². The molecule has 7 nitrogen and oxygen atoms in total. The van der Waals surface area contributed by atoms with E-state index < -0.39 is 0 Å². The van der Waals surface area contributed by atoms with Crippen molar-refractivity contribution in [2.45, 2.75) is 19.9 Å². The lowest BCUT2D eigenvalue weighted by molar-refractivity contribution is 0.0929. The van der Waals surface area contributed by atoms with Crippen LogP contribution in [0.3, 0.4) is 0 Å². The van der Waals surface area contributed by atoms with Gasteiger partial charge in [-0.05, 0) is 13.8 Å². The van der Waals surface area contributed by atoms with Crippen molar-refractivity contribution in [1.82, 2.24) is 30.7 Å². The predicted molar refractivity (Wildman–Crippen MR) is 55.6 cm³/mol. The van der Waals surface area contributed by atoms with E-state index in [0.29, 0.717) is 5.82 Å². The van der Waals surface area contributed by atoms with Crippen LogP contribution in [-0.4, -0.2) is 31.3 Å². The molecular weight excluding hydrogens is 208 g/mol. The molecule has 2 rings (SSSR count). The highest BCUT2D eigenvalue weighted by atomic mass is 16.2. The number of carbonyl (C=O) groups is 1. The second-order valence-corrected chi connectivity index (χ2v) is 3.47. The fraction of sp³-hybridized carbons (Fsp3) is 0.333. The molecule has 0 fully saturated rings. The highest BCUT2D eigenvalue weighted by molar-refractivity contribution is 5.90. The Morgan fingerprint density at radius 2 is 2.38 bits per heavy atom. The number of aromatic amines is 2. The summed E-state index contributed by atoms with van der Waals surface area (Å²) in [6, 6.07) is -0.134. The van der Waals surface area contributed by atoms with E-state index in [-0.39, 0.29) is 17.8 Å². The van der Waals surface area contributed by atoms with Crippen LogP contribution in [0.2, 0.25) is 0 Å². The van der Waals surface area contributed by atoms with Crippen LogP contribution < -0.4 is 5.32 Å². The Bertz CT molecular complexity index is 474. The topological polar surface area (TPSA) is 99.3 Å². The number of amides is 1. The standard InChI is InChI=1S/C9H12N6O/c1-5(7-3-10-11-4-7)12-9(16)8-13-6(2)14-15-8/h3-5H,1-2H3,(H,10,11)(H,12,16)(H,13,14,15). The zero-order valence-electron chi connectivity index (χ0n) is 8.98. The van der Waals surface area contributed by atoms with Gasteiger partial charge in [-0.3, -0.25) is 15.0 Å². The fourth-order valence-corrected chi connectivity index (χ4v) is 1.29. The van der Waals surface area contributed by atoms with Crippen molar-refractivity contribution < 1.29 is 4.79 Å². The van der Waals surface area contributed by atoms with Crippen LogP contribution in [0.25, 0.3) is 0 Å². The minimum Gasteiger partial charge on any atom is -0.343 e. The average Bonchev–Trinajstić information content (AvgIpc) is 2.87. The van der Waals surface area contributed by atoms with E-state index in [1.807, 2.05) is 6.92 Å². The first kappa shape index (κ1) is 10.3. The minimum absolute atomic E-state index is 0.134. The van der Waals surface area contributed by atoms with Crippen molar-refractivity contribution in [1.29, 1.82) is 0 Å². The molecule has 0 saturated carbocycles. The van der Waals surface area contributed by atoms with Gasteiger partial charge in [0.1, 0.15) is 5.82 Å². The Kier molecular flexibility index (Phi) is 2.67. The minimum atomic E-state index is -0.307. The van der Waals surface area contributed by atoms with E-state index in [4.69, 9.17) is 0 Å². The number of aryl methyl sites for hydroxylation is 1. The van der Waals surface area contributed by atoms with Gasteiger partial charge in [-0.2, -0.15) is 5.10 Å². The normalized spacial score (nSPS) is 12.4. The summed E-state index contributed by atoms with van der Waals surface area (Å²) < 4.78 is 0. The number of aromatic nitrogens is 5. The van der Waals surface area contributed by atoms with Crippen molar-refractivity contribution in [3.63, 3.8) is 0 Å². The van der Waals surface area contributed by atoms with Crippen LogP contribution in [0.4, 0.5) is 0 Å². The van der Waals surface area contributed by atoms with Gasteiger partial charge in [-0.1, -0.05) is 0 Å². The molecule has 2 aromatic rings. The summed E-state index contributed by atoms with van der Waals surface area (Å²) in [5.41, 5.74) is 0.903. The molecule has 2 heterocycles. The summed E-state index contributed by atoms with van der Waals surface area (Å²) in [6.45, 7) is 3.60. The van der Waals surface area contributed by atoms with Gasteiger partial charge in [0.15, 0.2) is 0 Å². The van der Waals surface area contributed by atoms with Crippen LogP contribution in [0.1, 0.15) is 35.0 Å². The lowest BCUT2D eigenvalue weighted by Crippen LogP contribution is -2.27. The third-order valence-electron chi connectivity index (χ3n) is 2.17. The molecule has 2 aromatic heterocycles. The average molecular weight is 220 g/mol. The molecule has 0 saturated heterocycles. The van der Waals surface area contributed by atoms with Crippen LogP contribution in [0, 0.1) is 6.92 Å². The van der Waals surface area contributed by atoms with E-state index in [2.05, 4.69) is 30.7 Å². The van der Waals surface area contributed by atoms with Gasteiger partial charge >= 0.3 is 0 Å². The maximum absolute atomic E-state index is 11.7. The molecule has 0 spiro atoms. The van der Waals surface area contributed by atoms with E-state index in [0.717, 1.165) is 5.56 Å². The maximum atomic E-state index is 11.7. The molecule has 3 N–H and O–H groups in total. The summed E-state index contributed by atoms with van der Waals surface area (Å²) in [7, 11) is 0. The van der Waals surface area contributed by atoms with Crippen molar-refractivity contribution in [2.75, 3.05) is 0 Å². The molecule has 7 heteroatoms. The zero-order valence-corrected chi connectivity index (χ0v) is 8.98. The van der Waals surface area contributed by atoms with Gasteiger partial charge in [0.2, 0.25) is 5.82 Å². The Morgan fingerprint density at radius 1 is 1.56 bits per heavy atom. The van der Waals surface area contributed by atoms with Crippen LogP contribution in [-0.2, 0) is 0 Å². The Labute approximate surface area is 91.7 Å². The molecule has 1 atom stereocenters. The molecule has 0 aliphatic rings. The van der Waals surface area contributed by atoms with E-state index >= 15 is 0 Å². The first-order chi connectivity index (χ1) is 7.66. The van der Waals surface area contributed by atoms with Crippen molar-refractivity contribution >= 4 is 5.91 Å². The number of nitrogens with one attached hydrogen (secondary N) is 3.